The van der Waals surface area contributed by atoms with E-state index in [1.54, 1.807) is 24.0 Å². The number of nitrogens with one attached hydrogen (secondary N) is 3. The van der Waals surface area contributed by atoms with Crippen molar-refractivity contribution in [2.75, 3.05) is 49.3 Å². The molecule has 0 unspecified atom stereocenters. The molecule has 3 N–H and O–H groups in total. The van der Waals surface area contributed by atoms with Crippen LogP contribution in [0.15, 0.2) is 72.8 Å². The first-order valence-electron chi connectivity index (χ1n) is 15.1. The molecule has 8 nitrogen and oxygen atoms in total. The lowest BCUT2D eigenvalue weighted by molar-refractivity contribution is -0.116. The van der Waals surface area contributed by atoms with Gasteiger partial charge in [0, 0.05) is 54.7 Å². The summed E-state index contributed by atoms with van der Waals surface area (Å²) in [4.78, 5) is 42.7. The van der Waals surface area contributed by atoms with Crippen molar-refractivity contribution < 1.29 is 14.4 Å². The number of hydrogen-bond acceptors (Lipinski definition) is 5. The van der Waals surface area contributed by atoms with Gasteiger partial charge in [0.2, 0.25) is 5.91 Å². The van der Waals surface area contributed by atoms with E-state index in [0.717, 1.165) is 36.3 Å². The zero-order valence-electron chi connectivity index (χ0n) is 25.3. The third kappa shape index (κ3) is 7.32. The number of hydrogen-bond donors (Lipinski definition) is 3. The Morgan fingerprint density at radius 2 is 1.60 bits per heavy atom. The van der Waals surface area contributed by atoms with Crippen LogP contribution in [0, 0.1) is 5.92 Å². The van der Waals surface area contributed by atoms with E-state index in [2.05, 4.69) is 16.0 Å². The Labute approximate surface area is 254 Å². The summed E-state index contributed by atoms with van der Waals surface area (Å²) in [5.41, 5.74) is 5.42. The summed E-state index contributed by atoms with van der Waals surface area (Å²) in [5, 5.41) is 9.57. The van der Waals surface area contributed by atoms with Gasteiger partial charge in [-0.15, -0.1) is 0 Å². The van der Waals surface area contributed by atoms with Gasteiger partial charge in [-0.1, -0.05) is 49.6 Å². The van der Waals surface area contributed by atoms with Gasteiger partial charge in [-0.3, -0.25) is 14.4 Å². The first-order valence-corrected chi connectivity index (χ1v) is 15.1. The van der Waals surface area contributed by atoms with Crippen LogP contribution >= 0.6 is 0 Å². The molecule has 2 aliphatic rings. The highest BCUT2D eigenvalue weighted by Crippen LogP contribution is 2.38. The maximum Gasteiger partial charge on any atom is 0.258 e. The minimum Gasteiger partial charge on any atom is -0.354 e. The quantitative estimate of drug-likeness (QED) is 0.262. The lowest BCUT2D eigenvalue weighted by Gasteiger charge is -2.23. The molecule has 0 saturated heterocycles. The molecule has 5 rings (SSSR count). The summed E-state index contributed by atoms with van der Waals surface area (Å²) in [5.74, 6) is 0.152. The second kappa shape index (κ2) is 13.7. The standard InChI is InChI=1S/C35H41N5O3/c1-24(41)40(21-20-39(2)3)29-17-15-28(16-18-29)37-33(26-12-8-5-9-13-26)32-30-22-27(14-19-31(30)38-35(32)43)34(42)36-23-25-10-6-4-7-11-25/h5,8-9,12-19,22,25,37H,4,6-7,10-11,20-21,23H2,1-3H3,(H,36,42)(H,38,43). The van der Waals surface area contributed by atoms with Gasteiger partial charge in [0.15, 0.2) is 0 Å². The molecular formula is C35H41N5O3. The molecule has 43 heavy (non-hydrogen) atoms. The fourth-order valence-corrected chi connectivity index (χ4v) is 5.81. The Kier molecular flexibility index (Phi) is 9.57. The molecule has 1 aliphatic carbocycles. The van der Waals surface area contributed by atoms with Crippen LogP contribution in [0.25, 0.3) is 11.3 Å². The fraction of sp³-hybridized carbons (Fsp3) is 0.343. The fourth-order valence-electron chi connectivity index (χ4n) is 5.81. The highest BCUT2D eigenvalue weighted by Gasteiger charge is 2.29. The van der Waals surface area contributed by atoms with Crippen LogP contribution in [0.2, 0.25) is 0 Å². The lowest BCUT2D eigenvalue weighted by Crippen LogP contribution is -2.35. The first-order chi connectivity index (χ1) is 20.8. The molecule has 224 valence electrons. The van der Waals surface area contributed by atoms with Crippen LogP contribution in [0.4, 0.5) is 17.1 Å². The predicted molar refractivity (Wildman–Crippen MR) is 174 cm³/mol. The van der Waals surface area contributed by atoms with E-state index in [0.29, 0.717) is 47.1 Å². The Morgan fingerprint density at radius 3 is 2.28 bits per heavy atom. The van der Waals surface area contributed by atoms with Crippen LogP contribution in [-0.4, -0.2) is 56.4 Å². The van der Waals surface area contributed by atoms with Gasteiger partial charge in [-0.2, -0.15) is 0 Å². The molecule has 1 saturated carbocycles. The van der Waals surface area contributed by atoms with Crippen LogP contribution in [0.5, 0.6) is 0 Å². The molecule has 1 heterocycles. The Morgan fingerprint density at radius 1 is 0.884 bits per heavy atom. The number of likely N-dealkylation sites (N-methyl/N-ethyl adjacent to an activating group) is 1. The summed E-state index contributed by atoms with van der Waals surface area (Å²) in [6.07, 6.45) is 6.05. The number of anilines is 3. The van der Waals surface area contributed by atoms with Crippen molar-refractivity contribution in [2.24, 2.45) is 5.92 Å². The second-order valence-electron chi connectivity index (χ2n) is 11.7. The topological polar surface area (TPSA) is 93.8 Å². The Hall–Kier alpha value is -4.43. The number of carbonyl (C=O) groups excluding carboxylic acids is 3. The van der Waals surface area contributed by atoms with Gasteiger partial charge in [0.25, 0.3) is 11.8 Å². The third-order valence-corrected chi connectivity index (χ3v) is 8.21. The normalized spacial score (nSPS) is 16.0. The number of benzene rings is 3. The van der Waals surface area contributed by atoms with Crippen molar-refractivity contribution in [1.82, 2.24) is 10.2 Å². The van der Waals surface area contributed by atoms with Gasteiger partial charge in [-0.25, -0.2) is 0 Å². The molecule has 0 bridgehead atoms. The summed E-state index contributed by atoms with van der Waals surface area (Å²) in [6.45, 7) is 3.58. The van der Waals surface area contributed by atoms with Gasteiger partial charge in [0.05, 0.1) is 11.3 Å². The summed E-state index contributed by atoms with van der Waals surface area (Å²) in [7, 11) is 3.96. The summed E-state index contributed by atoms with van der Waals surface area (Å²) < 4.78 is 0. The van der Waals surface area contributed by atoms with E-state index in [1.165, 1.54) is 19.3 Å². The van der Waals surface area contributed by atoms with Crippen LogP contribution in [-0.2, 0) is 9.59 Å². The highest BCUT2D eigenvalue weighted by molar-refractivity contribution is 6.37. The summed E-state index contributed by atoms with van der Waals surface area (Å²) in [6, 6.07) is 22.7. The Bertz CT molecular complexity index is 1490. The van der Waals surface area contributed by atoms with E-state index < -0.39 is 0 Å². The Balaban J connectivity index is 1.44. The minimum atomic E-state index is -0.232. The molecule has 0 atom stereocenters. The smallest absolute Gasteiger partial charge is 0.258 e. The number of fused-ring (bicyclic) bond motifs is 1. The second-order valence-corrected chi connectivity index (χ2v) is 11.7. The van der Waals surface area contributed by atoms with E-state index in [1.807, 2.05) is 79.7 Å². The largest absolute Gasteiger partial charge is 0.354 e. The van der Waals surface area contributed by atoms with Gasteiger partial charge < -0.3 is 25.8 Å². The molecule has 0 aromatic heterocycles. The van der Waals surface area contributed by atoms with E-state index in [4.69, 9.17) is 0 Å². The van der Waals surface area contributed by atoms with Crippen LogP contribution < -0.4 is 20.9 Å². The highest BCUT2D eigenvalue weighted by atomic mass is 16.2. The number of nitrogens with zero attached hydrogens (tertiary/aromatic N) is 2. The summed E-state index contributed by atoms with van der Waals surface area (Å²) >= 11 is 0. The van der Waals surface area contributed by atoms with Gasteiger partial charge in [-0.05, 0) is 80.9 Å². The van der Waals surface area contributed by atoms with E-state index >= 15 is 0 Å². The maximum atomic E-state index is 13.4. The minimum absolute atomic E-state index is 0.0209. The zero-order chi connectivity index (χ0) is 30.3. The van der Waals surface area contributed by atoms with Crippen molar-refractivity contribution in [1.29, 1.82) is 0 Å². The van der Waals surface area contributed by atoms with Crippen molar-refractivity contribution in [3.63, 3.8) is 0 Å². The SMILES string of the molecule is CC(=O)N(CCN(C)C)c1ccc(NC(=C2C(=O)Nc3ccc(C(=O)NCC4CCCCC4)cc32)c2ccccc2)cc1. The van der Waals surface area contributed by atoms with Crippen molar-refractivity contribution in [2.45, 2.75) is 39.0 Å². The molecule has 0 spiro atoms. The molecule has 3 aromatic rings. The average Bonchev–Trinajstić information content (AvgIpc) is 3.34. The van der Waals surface area contributed by atoms with E-state index in [-0.39, 0.29) is 17.7 Å². The molecule has 0 radical (unpaired) electrons. The molecule has 8 heteroatoms. The number of amides is 3. The lowest BCUT2D eigenvalue weighted by atomic mass is 9.89. The van der Waals surface area contributed by atoms with Gasteiger partial charge in [0.1, 0.15) is 0 Å². The zero-order valence-corrected chi connectivity index (χ0v) is 25.3. The molecule has 3 aromatic carbocycles. The monoisotopic (exact) mass is 579 g/mol. The van der Waals surface area contributed by atoms with Crippen molar-refractivity contribution in [3.05, 3.63) is 89.5 Å². The van der Waals surface area contributed by atoms with E-state index in [9.17, 15) is 14.4 Å². The van der Waals surface area contributed by atoms with Crippen molar-refractivity contribution in [3.8, 4) is 0 Å². The third-order valence-electron chi connectivity index (χ3n) is 8.21. The van der Waals surface area contributed by atoms with Gasteiger partial charge >= 0.3 is 0 Å². The van der Waals surface area contributed by atoms with Crippen LogP contribution in [0.1, 0.15) is 60.5 Å². The molecular weight excluding hydrogens is 538 g/mol. The molecule has 1 fully saturated rings. The first kappa shape index (κ1) is 30.0. The molecule has 1 aliphatic heterocycles. The number of carbonyl (C=O) groups is 3. The molecule has 3 amide bonds. The predicted octanol–water partition coefficient (Wildman–Crippen LogP) is 5.84. The van der Waals surface area contributed by atoms with Crippen molar-refractivity contribution >= 4 is 46.1 Å². The van der Waals surface area contributed by atoms with Crippen LogP contribution in [0.3, 0.4) is 0 Å². The average molecular weight is 580 g/mol. The number of rotatable bonds is 10. The maximum absolute atomic E-state index is 13.4.